The van der Waals surface area contributed by atoms with Crippen LogP contribution in [0.15, 0.2) is 0 Å². The van der Waals surface area contributed by atoms with Crippen LogP contribution in [0, 0.1) is 0 Å². The first-order valence-electron chi connectivity index (χ1n) is 5.46. The number of nitrogens with one attached hydrogen (secondary N) is 2. The Morgan fingerprint density at radius 3 is 1.12 bits per heavy atom. The molecule has 1 saturated heterocycles. The van der Waals surface area contributed by atoms with Crippen molar-refractivity contribution < 1.29 is 80.9 Å². The standard InChI is InChI=1S/C4H10N2.2C2H7NO.4ClH.2Fe.Mg.H2O.H2S.S.H/c1-2-6-4-3-5-1;2*3-1-2-4;;;;;;;;;;;/h5-6H,1-4H2;2*4H,1-3H2;4*1H;;;;2*1H2;;/q;;;;;;;;2*+2;;;;-1/i;;;;;;;;;;;;;1+1. The summed E-state index contributed by atoms with van der Waals surface area (Å²) in [6.45, 7) is 6.22. The first kappa shape index (κ1) is 56.4. The fraction of sp³-hybridized carbons (Fsp3) is 1.00. The molecule has 0 saturated carbocycles. The third-order valence-corrected chi connectivity index (χ3v) is 1.27. The molecule has 0 aromatic heterocycles. The second kappa shape index (κ2) is 82.4. The van der Waals surface area contributed by atoms with Gasteiger partial charge in [-0.2, -0.15) is 0 Å². The molecule has 0 unspecified atom stereocenters. The first-order chi connectivity index (χ1) is 9.24. The molecule has 1 fully saturated rings. The van der Waals surface area contributed by atoms with Crippen molar-refractivity contribution in [3.8, 4) is 0 Å². The topological polar surface area (TPSA) is 153 Å². The number of piperazine rings is 1. The van der Waals surface area contributed by atoms with Crippen molar-refractivity contribution in [2.24, 2.45) is 0 Å². The molecule has 0 aromatic carbocycles. The Balaban J connectivity index is -0.0000000138. The van der Waals surface area contributed by atoms with Gasteiger partial charge in [0.2, 0.25) is 0 Å². The molecule has 7 nitrogen and oxygen atoms in total. The second-order valence-corrected chi connectivity index (χ2v) is 4.53. The summed E-state index contributed by atoms with van der Waals surface area (Å²) >= 11 is 3.03. The zero-order chi connectivity index (χ0) is 15.8. The van der Waals surface area contributed by atoms with E-state index in [2.05, 4.69) is 47.0 Å². The average Bonchev–Trinajstić information content (AvgIpc) is 2.52. The van der Waals surface area contributed by atoms with E-state index < -0.39 is 0 Å². The van der Waals surface area contributed by atoms with Crippen molar-refractivity contribution in [3.63, 3.8) is 0 Å². The fourth-order valence-corrected chi connectivity index (χ4v) is 0.604. The molecule has 0 radical (unpaired) electrons. The molecule has 1 rings (SSSR count). The molecule has 1 aliphatic rings. The third-order valence-electron chi connectivity index (χ3n) is 1.27. The summed E-state index contributed by atoms with van der Waals surface area (Å²) in [4.78, 5) is 0. The van der Waals surface area contributed by atoms with Crippen LogP contribution in [0.1, 0.15) is 1.43 Å². The van der Waals surface area contributed by atoms with Gasteiger partial charge in [-0.05, 0) is 0 Å². The van der Waals surface area contributed by atoms with E-state index >= 15 is 0 Å². The second-order valence-electron chi connectivity index (χ2n) is 2.70. The summed E-state index contributed by atoms with van der Waals surface area (Å²) in [5, 5.41) is 22.1. The first-order valence-corrected chi connectivity index (χ1v) is 10.1. The van der Waals surface area contributed by atoms with Crippen molar-refractivity contribution in [2.45, 2.75) is 0 Å². The normalized spacial score (nSPS) is 9.62. The number of halogens is 4. The van der Waals surface area contributed by atoms with Crippen LogP contribution in [0.5, 0.6) is 0 Å². The predicted octanol–water partition coefficient (Wildman–Crippen LogP) is -10.3. The van der Waals surface area contributed by atoms with E-state index in [1.54, 1.807) is 0 Å². The van der Waals surface area contributed by atoms with Gasteiger partial charge in [-0.25, -0.2) is 0 Å². The van der Waals surface area contributed by atoms with Gasteiger partial charge in [-0.3, -0.25) is 0 Å². The van der Waals surface area contributed by atoms with E-state index in [0.29, 0.717) is 13.1 Å². The van der Waals surface area contributed by atoms with E-state index in [9.17, 15) is 0 Å². The van der Waals surface area contributed by atoms with Gasteiger partial charge >= 0.3 is 81.3 Å². The molecule has 0 aliphatic carbocycles. The minimum absolute atomic E-state index is 0. The molecule has 0 atom stereocenters. The van der Waals surface area contributed by atoms with Crippen molar-refractivity contribution >= 4 is 67.3 Å². The molecule has 158 valence electrons. The van der Waals surface area contributed by atoms with Gasteiger partial charge in [0.25, 0.3) is 0 Å². The zero-order valence-corrected chi connectivity index (χ0v) is 22.1. The Morgan fingerprint density at radius 2 is 1.08 bits per heavy atom. The van der Waals surface area contributed by atoms with Gasteiger partial charge in [0.1, 0.15) is 0 Å². The maximum atomic E-state index is 7.81. The number of hydrogen-bond donors (Lipinski definition) is 6. The van der Waals surface area contributed by atoms with E-state index in [0.717, 1.165) is 26.2 Å². The molecule has 1 heterocycles. The van der Waals surface area contributed by atoms with E-state index in [4.69, 9.17) is 30.4 Å². The van der Waals surface area contributed by atoms with E-state index in [-0.39, 0.29) is 94.6 Å². The molecule has 0 bridgehead atoms. The van der Waals surface area contributed by atoms with Gasteiger partial charge in [0, 0.05) is 26.2 Å². The van der Waals surface area contributed by atoms with Crippen molar-refractivity contribution in [3.05, 3.63) is 0 Å². The number of aliphatic hydroxyl groups excluding tert-OH is 2. The number of hydrogen-bond acceptors (Lipinski definition) is 5. The Bertz CT molecular complexity index is 130. The molecule has 0 spiro atoms. The summed E-state index contributed by atoms with van der Waals surface area (Å²) < 4.78 is 0. The quantitative estimate of drug-likeness (QED) is 0.143. The van der Waals surface area contributed by atoms with Gasteiger partial charge in [-0.15, -0.1) is 0 Å². The summed E-state index contributed by atoms with van der Waals surface area (Å²) in [5.74, 6) is 0. The van der Waals surface area contributed by atoms with Crippen molar-refractivity contribution in [1.29, 1.82) is 0 Å². The van der Waals surface area contributed by atoms with Crippen LogP contribution in [0.4, 0.5) is 0 Å². The molecule has 16 heteroatoms. The molecule has 1 aliphatic heterocycles. The SMILES string of the molecule is C1CNCCN1.[2H-].[Cl-].[Cl-].[Cl][Fe][Cl].[Mg+2].[NH3+]CCO.[NH3+]CCO.[OH3+].[SH3+].[S]=[Fe]. The Hall–Kier alpha value is 3.26. The van der Waals surface area contributed by atoms with Crippen LogP contribution >= 0.6 is 30.7 Å². The third kappa shape index (κ3) is 117. The molecule has 0 aromatic rings. The molecular weight excluding hydrogens is 542 g/mol. The average molecular weight is 576 g/mol. The minimum atomic E-state index is 0. The van der Waals surface area contributed by atoms with Crippen LogP contribution in [0.25, 0.3) is 0 Å². The summed E-state index contributed by atoms with van der Waals surface area (Å²) in [5.41, 5.74) is 6.71. The fourth-order valence-electron chi connectivity index (χ4n) is 0.604. The molecule has 24 heavy (non-hydrogen) atoms. The molecular formula is C8H33Cl4Fe2MgN4O3S2+3. The van der Waals surface area contributed by atoms with E-state index in [1.165, 1.54) is 0 Å². The van der Waals surface area contributed by atoms with Crippen LogP contribution in [0.2, 0.25) is 0 Å². The maximum absolute atomic E-state index is 7.81. The van der Waals surface area contributed by atoms with Gasteiger partial charge in [-0.1, -0.05) is 13.5 Å². The van der Waals surface area contributed by atoms with Crippen LogP contribution in [-0.4, -0.2) is 85.7 Å². The number of rotatable bonds is 2. The Labute approximate surface area is 209 Å². The molecule has 0 amide bonds. The van der Waals surface area contributed by atoms with Crippen molar-refractivity contribution in [1.82, 2.24) is 10.6 Å². The van der Waals surface area contributed by atoms with E-state index in [1.807, 2.05) is 0 Å². The molecule has 13 N–H and O–H groups in total. The summed E-state index contributed by atoms with van der Waals surface area (Å²) in [7, 11) is 13.4. The van der Waals surface area contributed by atoms with Gasteiger partial charge < -0.3 is 64.0 Å². The van der Waals surface area contributed by atoms with Gasteiger partial charge in [0.05, 0.1) is 26.3 Å². The monoisotopic (exact) mass is 574 g/mol. The predicted molar refractivity (Wildman–Crippen MR) is 98.0 cm³/mol. The Morgan fingerprint density at radius 1 is 0.958 bits per heavy atom. The van der Waals surface area contributed by atoms with Crippen LogP contribution in [-0.2, 0) is 46.5 Å². The Kier molecular flexibility index (Phi) is 194. The van der Waals surface area contributed by atoms with Crippen LogP contribution in [0.3, 0.4) is 0 Å². The number of aliphatic hydroxyl groups is 2. The number of quaternary nitrogens is 2. The van der Waals surface area contributed by atoms with Crippen LogP contribution < -0.4 is 46.9 Å². The summed E-state index contributed by atoms with van der Waals surface area (Å²) in [6, 6.07) is 0. The van der Waals surface area contributed by atoms with Crippen molar-refractivity contribution in [2.75, 3.05) is 52.5 Å². The zero-order valence-electron chi connectivity index (χ0n) is 14.5. The van der Waals surface area contributed by atoms with Gasteiger partial charge in [0.15, 0.2) is 0 Å². The summed E-state index contributed by atoms with van der Waals surface area (Å²) in [6.07, 6.45) is 0.